The van der Waals surface area contributed by atoms with E-state index in [-0.39, 0.29) is 17.1 Å². The van der Waals surface area contributed by atoms with Crippen molar-refractivity contribution >= 4 is 11.9 Å². The number of hydrogen-bond acceptors (Lipinski definition) is 4. The minimum absolute atomic E-state index is 0. The number of aliphatic hydroxyl groups is 2. The van der Waals surface area contributed by atoms with Gasteiger partial charge in [0, 0.05) is 17.1 Å². The molecular formula is C4H8CuO6. The monoisotopic (exact) mass is 215 g/mol. The Hall–Kier alpha value is -0.621. The normalized spacial score (nSPS) is 6.73. The number of carbonyl (C=O) groups is 2. The summed E-state index contributed by atoms with van der Waals surface area (Å²) in [5.41, 5.74) is 0. The second-order valence-corrected chi connectivity index (χ2v) is 1.10. The Balaban J connectivity index is -0.000000107. The number of rotatable bonds is 2. The molecule has 0 saturated carbocycles. The molecular weight excluding hydrogens is 208 g/mol. The van der Waals surface area contributed by atoms with Crippen LogP contribution in [0.5, 0.6) is 0 Å². The summed E-state index contributed by atoms with van der Waals surface area (Å²) in [6, 6.07) is 0. The summed E-state index contributed by atoms with van der Waals surface area (Å²) >= 11 is 0. The predicted octanol–water partition coefficient (Wildman–Crippen LogP) is -1.88. The third-order valence-corrected chi connectivity index (χ3v) is 0.271. The van der Waals surface area contributed by atoms with Crippen molar-refractivity contribution in [2.24, 2.45) is 0 Å². The van der Waals surface area contributed by atoms with Gasteiger partial charge in [0.25, 0.3) is 0 Å². The Bertz CT molecular complexity index is 99.1. The molecule has 7 heteroatoms. The molecule has 0 spiro atoms. The van der Waals surface area contributed by atoms with Crippen molar-refractivity contribution in [1.82, 2.24) is 0 Å². The summed E-state index contributed by atoms with van der Waals surface area (Å²) in [6.45, 7) is -1.56. The van der Waals surface area contributed by atoms with Gasteiger partial charge in [0.05, 0.1) is 0 Å². The molecule has 0 bridgehead atoms. The van der Waals surface area contributed by atoms with Gasteiger partial charge in [-0.15, -0.1) is 0 Å². The smallest absolute Gasteiger partial charge is 0.329 e. The van der Waals surface area contributed by atoms with Gasteiger partial charge in [-0.1, -0.05) is 0 Å². The molecule has 0 aliphatic rings. The summed E-state index contributed by atoms with van der Waals surface area (Å²) < 4.78 is 0. The van der Waals surface area contributed by atoms with Gasteiger partial charge in [0.2, 0.25) is 0 Å². The van der Waals surface area contributed by atoms with Crippen LogP contribution in [0.1, 0.15) is 0 Å². The molecule has 0 heterocycles. The minimum atomic E-state index is -1.19. The van der Waals surface area contributed by atoms with Crippen LogP contribution in [0, 0.1) is 0 Å². The van der Waals surface area contributed by atoms with Gasteiger partial charge in [-0.3, -0.25) is 0 Å². The maximum Gasteiger partial charge on any atom is 0.329 e. The van der Waals surface area contributed by atoms with Gasteiger partial charge in [0.1, 0.15) is 13.2 Å². The van der Waals surface area contributed by atoms with Crippen LogP contribution in [0.2, 0.25) is 0 Å². The number of carboxylic acid groups (broad SMARTS) is 2. The first-order valence-corrected chi connectivity index (χ1v) is 2.20. The standard InChI is InChI=1S/2C2H4O3.Cu/c2*3-1-2(4)5;/h2*3H,1H2,(H,4,5);. The maximum absolute atomic E-state index is 9.12. The van der Waals surface area contributed by atoms with Crippen LogP contribution in [0.4, 0.5) is 0 Å². The molecule has 0 saturated heterocycles. The van der Waals surface area contributed by atoms with Crippen molar-refractivity contribution in [3.63, 3.8) is 0 Å². The molecule has 0 amide bonds. The minimum Gasteiger partial charge on any atom is -0.480 e. The molecule has 0 fully saturated rings. The third-order valence-electron chi connectivity index (χ3n) is 0.271. The van der Waals surface area contributed by atoms with Crippen LogP contribution in [0.3, 0.4) is 0 Å². The van der Waals surface area contributed by atoms with Crippen molar-refractivity contribution in [3.8, 4) is 0 Å². The fraction of sp³-hybridized carbons (Fsp3) is 0.500. The zero-order valence-electron chi connectivity index (χ0n) is 5.32. The van der Waals surface area contributed by atoms with Gasteiger partial charge in [-0.05, 0) is 0 Å². The molecule has 0 rings (SSSR count). The summed E-state index contributed by atoms with van der Waals surface area (Å²) in [5.74, 6) is -2.38. The van der Waals surface area contributed by atoms with Gasteiger partial charge >= 0.3 is 11.9 Å². The average Bonchev–Trinajstić information content (AvgIpc) is 1.89. The first-order chi connectivity index (χ1) is 4.54. The summed E-state index contributed by atoms with van der Waals surface area (Å²) in [6.07, 6.45) is 0. The molecule has 0 atom stereocenters. The van der Waals surface area contributed by atoms with E-state index in [1.54, 1.807) is 0 Å². The zero-order chi connectivity index (χ0) is 8.57. The first kappa shape index (κ1) is 16.8. The van der Waals surface area contributed by atoms with Crippen molar-refractivity contribution in [2.75, 3.05) is 13.2 Å². The largest absolute Gasteiger partial charge is 0.480 e. The van der Waals surface area contributed by atoms with Crippen LogP contribution >= 0.6 is 0 Å². The Labute approximate surface area is 72.9 Å². The SMILES string of the molecule is O=C(O)CO.O=C(O)CO.[Cu]. The van der Waals surface area contributed by atoms with E-state index in [4.69, 9.17) is 30.0 Å². The molecule has 6 nitrogen and oxygen atoms in total. The Kier molecular flexibility index (Phi) is 18.4. The molecule has 1 radical (unpaired) electrons. The van der Waals surface area contributed by atoms with E-state index in [2.05, 4.69) is 0 Å². The quantitative estimate of drug-likeness (QED) is 0.401. The van der Waals surface area contributed by atoms with E-state index < -0.39 is 25.2 Å². The Morgan fingerprint density at radius 1 is 0.909 bits per heavy atom. The molecule has 0 unspecified atom stereocenters. The number of hydrogen-bond donors (Lipinski definition) is 4. The van der Waals surface area contributed by atoms with E-state index in [0.29, 0.717) is 0 Å². The first-order valence-electron chi connectivity index (χ1n) is 2.20. The van der Waals surface area contributed by atoms with E-state index in [1.807, 2.05) is 0 Å². The van der Waals surface area contributed by atoms with Crippen molar-refractivity contribution < 1.29 is 47.1 Å². The Morgan fingerprint density at radius 3 is 1.00 bits per heavy atom. The molecule has 0 aromatic carbocycles. The zero-order valence-corrected chi connectivity index (χ0v) is 6.26. The fourth-order valence-corrected chi connectivity index (χ4v) is 0. The summed E-state index contributed by atoms with van der Waals surface area (Å²) in [7, 11) is 0. The van der Waals surface area contributed by atoms with Gasteiger partial charge in [-0.25, -0.2) is 9.59 Å². The van der Waals surface area contributed by atoms with Crippen molar-refractivity contribution in [2.45, 2.75) is 0 Å². The molecule has 0 aromatic heterocycles. The van der Waals surface area contributed by atoms with E-state index >= 15 is 0 Å². The number of aliphatic hydroxyl groups excluding tert-OH is 2. The van der Waals surface area contributed by atoms with Crippen LogP contribution in [-0.2, 0) is 26.7 Å². The van der Waals surface area contributed by atoms with Crippen LogP contribution in [0.25, 0.3) is 0 Å². The second-order valence-electron chi connectivity index (χ2n) is 1.10. The van der Waals surface area contributed by atoms with E-state index in [1.165, 1.54) is 0 Å². The topological polar surface area (TPSA) is 115 Å². The van der Waals surface area contributed by atoms with E-state index in [9.17, 15) is 0 Å². The molecule has 0 aliphatic heterocycles. The average molecular weight is 216 g/mol. The van der Waals surface area contributed by atoms with Crippen LogP contribution in [0.15, 0.2) is 0 Å². The van der Waals surface area contributed by atoms with Crippen LogP contribution in [-0.4, -0.2) is 45.6 Å². The number of carboxylic acids is 2. The summed E-state index contributed by atoms with van der Waals surface area (Å²) in [4.78, 5) is 18.2. The molecule has 71 valence electrons. The molecule has 0 aromatic rings. The second kappa shape index (κ2) is 12.1. The third kappa shape index (κ3) is 44.7. The van der Waals surface area contributed by atoms with E-state index in [0.717, 1.165) is 0 Å². The molecule has 0 aliphatic carbocycles. The maximum atomic E-state index is 9.12. The van der Waals surface area contributed by atoms with Crippen molar-refractivity contribution in [3.05, 3.63) is 0 Å². The predicted molar refractivity (Wildman–Crippen MR) is 29.4 cm³/mol. The molecule has 4 N–H and O–H groups in total. The fourth-order valence-electron chi connectivity index (χ4n) is 0. The number of aliphatic carboxylic acids is 2. The van der Waals surface area contributed by atoms with Crippen molar-refractivity contribution in [1.29, 1.82) is 0 Å². The van der Waals surface area contributed by atoms with Crippen LogP contribution < -0.4 is 0 Å². The van der Waals surface area contributed by atoms with Gasteiger partial charge in [-0.2, -0.15) is 0 Å². The van der Waals surface area contributed by atoms with Gasteiger partial charge < -0.3 is 20.4 Å². The van der Waals surface area contributed by atoms with Gasteiger partial charge in [0.15, 0.2) is 0 Å². The summed E-state index contributed by atoms with van der Waals surface area (Å²) in [5, 5.41) is 30.0. The molecule has 11 heavy (non-hydrogen) atoms. The Morgan fingerprint density at radius 2 is 1.00 bits per heavy atom.